The number of aromatic nitrogens is 2. The third kappa shape index (κ3) is 1.57. The topological polar surface area (TPSA) is 41.0 Å². The maximum atomic E-state index is 4.13. The van der Waals surface area contributed by atoms with Crippen molar-refractivity contribution >= 4 is 5.69 Å². The molecule has 4 heteroatoms. The van der Waals surface area contributed by atoms with E-state index in [0.717, 1.165) is 0 Å². The third-order valence-corrected chi connectivity index (χ3v) is 3.99. The molecule has 3 rings (SSSR count). The van der Waals surface area contributed by atoms with Crippen LogP contribution in [-0.2, 0) is 0 Å². The van der Waals surface area contributed by atoms with Gasteiger partial charge in [-0.2, -0.15) is 0 Å². The molecule has 4 nitrogen and oxygen atoms in total. The molecule has 2 fully saturated rings. The minimum absolute atomic E-state index is 0.683. The summed E-state index contributed by atoms with van der Waals surface area (Å²) in [5.41, 5.74) is 1.20. The largest absolute Gasteiger partial charge is 0.363 e. The Balaban J connectivity index is 1.84. The number of fused-ring (bicyclic) bond motifs is 2. The molecule has 0 aliphatic carbocycles. The molecule has 3 heterocycles. The first kappa shape index (κ1) is 10.0. The van der Waals surface area contributed by atoms with Crippen LogP contribution in [0.25, 0.3) is 0 Å². The fourth-order valence-electron chi connectivity index (χ4n) is 3.26. The van der Waals surface area contributed by atoms with Crippen molar-refractivity contribution in [1.29, 1.82) is 0 Å². The van der Waals surface area contributed by atoms with E-state index in [1.165, 1.54) is 31.4 Å². The van der Waals surface area contributed by atoms with Gasteiger partial charge in [-0.05, 0) is 32.7 Å². The zero-order valence-electron chi connectivity index (χ0n) is 9.63. The summed E-state index contributed by atoms with van der Waals surface area (Å²) in [5.74, 6) is 0. The number of nitrogens with one attached hydrogen (secondary N) is 1. The van der Waals surface area contributed by atoms with Crippen LogP contribution in [0.15, 0.2) is 18.7 Å². The summed E-state index contributed by atoms with van der Waals surface area (Å²) in [7, 11) is 2.07. The predicted octanol–water partition coefficient (Wildman–Crippen LogP) is 1.20. The Morgan fingerprint density at radius 3 is 2.38 bits per heavy atom. The van der Waals surface area contributed by atoms with Crippen molar-refractivity contribution in [2.24, 2.45) is 0 Å². The molecule has 2 unspecified atom stereocenters. The molecule has 86 valence electrons. The molecule has 0 aromatic carbocycles. The molecule has 2 aliphatic heterocycles. The summed E-state index contributed by atoms with van der Waals surface area (Å²) in [5, 5.41) is 3.42. The van der Waals surface area contributed by atoms with Gasteiger partial charge >= 0.3 is 0 Å². The maximum Gasteiger partial charge on any atom is 0.115 e. The van der Waals surface area contributed by atoms with Gasteiger partial charge in [0.05, 0.1) is 18.1 Å². The molecule has 2 atom stereocenters. The van der Waals surface area contributed by atoms with Gasteiger partial charge < -0.3 is 10.2 Å². The predicted molar refractivity (Wildman–Crippen MR) is 63.4 cm³/mol. The summed E-state index contributed by atoms with van der Waals surface area (Å²) in [6, 6.07) is 2.06. The van der Waals surface area contributed by atoms with Gasteiger partial charge in [-0.15, -0.1) is 0 Å². The number of hydrogen-bond acceptors (Lipinski definition) is 4. The van der Waals surface area contributed by atoms with Crippen molar-refractivity contribution in [3.05, 3.63) is 18.7 Å². The lowest BCUT2D eigenvalue weighted by molar-refractivity contribution is 0.373. The maximum absolute atomic E-state index is 4.13. The molecular formula is C12H18N4. The molecule has 0 saturated carbocycles. The second-order valence-corrected chi connectivity index (χ2v) is 4.85. The Morgan fingerprint density at radius 1 is 1.19 bits per heavy atom. The van der Waals surface area contributed by atoms with Crippen LogP contribution in [0.2, 0.25) is 0 Å². The zero-order chi connectivity index (χ0) is 11.0. The van der Waals surface area contributed by atoms with Gasteiger partial charge in [-0.25, -0.2) is 9.97 Å². The van der Waals surface area contributed by atoms with Crippen LogP contribution in [-0.4, -0.2) is 35.1 Å². The lowest BCUT2D eigenvalue weighted by Gasteiger charge is -2.40. The summed E-state index contributed by atoms with van der Waals surface area (Å²) in [6.07, 6.45) is 10.6. The van der Waals surface area contributed by atoms with Gasteiger partial charge in [-0.1, -0.05) is 0 Å². The third-order valence-electron chi connectivity index (χ3n) is 3.99. The second kappa shape index (κ2) is 4.01. The van der Waals surface area contributed by atoms with Gasteiger partial charge in [0, 0.05) is 18.1 Å². The first-order valence-electron chi connectivity index (χ1n) is 6.09. The van der Waals surface area contributed by atoms with E-state index >= 15 is 0 Å². The standard InChI is InChI=1S/C12H18N4/c1-13-9-4-10-2-3-11(5-9)16(10)12-6-14-8-15-7-12/h6-11,13H,2-5H2,1H3. The van der Waals surface area contributed by atoms with Crippen LogP contribution >= 0.6 is 0 Å². The van der Waals surface area contributed by atoms with Crippen molar-refractivity contribution in [3.63, 3.8) is 0 Å². The molecule has 2 aliphatic rings. The van der Waals surface area contributed by atoms with Crippen molar-refractivity contribution in [2.45, 2.75) is 43.8 Å². The Kier molecular flexibility index (Phi) is 2.52. The average Bonchev–Trinajstić information content (AvgIpc) is 2.61. The van der Waals surface area contributed by atoms with E-state index in [2.05, 4.69) is 27.2 Å². The highest BCUT2D eigenvalue weighted by Gasteiger charge is 2.40. The van der Waals surface area contributed by atoms with Crippen molar-refractivity contribution in [3.8, 4) is 0 Å². The lowest BCUT2D eigenvalue weighted by atomic mass is 9.97. The molecule has 2 bridgehead atoms. The number of piperidine rings is 1. The van der Waals surface area contributed by atoms with E-state index in [0.29, 0.717) is 18.1 Å². The Morgan fingerprint density at radius 2 is 1.81 bits per heavy atom. The van der Waals surface area contributed by atoms with Crippen LogP contribution in [0, 0.1) is 0 Å². The zero-order valence-corrected chi connectivity index (χ0v) is 9.63. The molecule has 1 aromatic rings. The number of anilines is 1. The van der Waals surface area contributed by atoms with E-state index in [-0.39, 0.29) is 0 Å². The number of nitrogens with zero attached hydrogens (tertiary/aromatic N) is 3. The molecule has 1 aromatic heterocycles. The number of hydrogen-bond donors (Lipinski definition) is 1. The molecule has 2 saturated heterocycles. The van der Waals surface area contributed by atoms with Gasteiger partial charge in [0.2, 0.25) is 0 Å². The average molecular weight is 218 g/mol. The highest BCUT2D eigenvalue weighted by molar-refractivity contribution is 5.46. The van der Waals surface area contributed by atoms with E-state index < -0.39 is 0 Å². The van der Waals surface area contributed by atoms with Gasteiger partial charge in [0.15, 0.2) is 0 Å². The van der Waals surface area contributed by atoms with E-state index in [1.807, 2.05) is 12.4 Å². The second-order valence-electron chi connectivity index (χ2n) is 4.85. The molecule has 0 amide bonds. The Bertz CT molecular complexity index is 339. The van der Waals surface area contributed by atoms with Crippen molar-refractivity contribution in [2.75, 3.05) is 11.9 Å². The summed E-state index contributed by atoms with van der Waals surface area (Å²) in [6.45, 7) is 0. The normalized spacial score (nSPS) is 33.1. The van der Waals surface area contributed by atoms with Gasteiger partial charge in [-0.3, -0.25) is 0 Å². The fourth-order valence-corrected chi connectivity index (χ4v) is 3.26. The Hall–Kier alpha value is -1.16. The summed E-state index contributed by atoms with van der Waals surface area (Å²) < 4.78 is 0. The highest BCUT2D eigenvalue weighted by atomic mass is 15.2. The molecule has 1 N–H and O–H groups in total. The first-order valence-corrected chi connectivity index (χ1v) is 6.09. The van der Waals surface area contributed by atoms with Gasteiger partial charge in [0.25, 0.3) is 0 Å². The van der Waals surface area contributed by atoms with Crippen molar-refractivity contribution in [1.82, 2.24) is 15.3 Å². The fraction of sp³-hybridized carbons (Fsp3) is 0.667. The van der Waals surface area contributed by atoms with Crippen LogP contribution in [0.1, 0.15) is 25.7 Å². The SMILES string of the molecule is CNC1CC2CCC(C1)N2c1cncnc1. The molecule has 0 radical (unpaired) electrons. The van der Waals surface area contributed by atoms with Crippen LogP contribution < -0.4 is 10.2 Å². The minimum Gasteiger partial charge on any atom is -0.363 e. The van der Waals surface area contributed by atoms with E-state index in [4.69, 9.17) is 0 Å². The highest BCUT2D eigenvalue weighted by Crippen LogP contribution is 2.38. The first-order chi connectivity index (χ1) is 7.88. The summed E-state index contributed by atoms with van der Waals surface area (Å²) >= 11 is 0. The smallest absolute Gasteiger partial charge is 0.115 e. The molecule has 0 spiro atoms. The van der Waals surface area contributed by atoms with Crippen molar-refractivity contribution < 1.29 is 0 Å². The monoisotopic (exact) mass is 218 g/mol. The Labute approximate surface area is 96.1 Å². The van der Waals surface area contributed by atoms with E-state index in [1.54, 1.807) is 6.33 Å². The summed E-state index contributed by atoms with van der Waals surface area (Å²) in [4.78, 5) is 10.8. The van der Waals surface area contributed by atoms with Gasteiger partial charge in [0.1, 0.15) is 6.33 Å². The van der Waals surface area contributed by atoms with Crippen LogP contribution in [0.4, 0.5) is 5.69 Å². The molecular weight excluding hydrogens is 200 g/mol. The van der Waals surface area contributed by atoms with Crippen LogP contribution in [0.5, 0.6) is 0 Å². The lowest BCUT2D eigenvalue weighted by Crippen LogP contribution is -2.48. The quantitative estimate of drug-likeness (QED) is 0.809. The molecule has 16 heavy (non-hydrogen) atoms. The number of rotatable bonds is 2. The minimum atomic E-state index is 0.683. The van der Waals surface area contributed by atoms with E-state index in [9.17, 15) is 0 Å². The van der Waals surface area contributed by atoms with Crippen LogP contribution in [0.3, 0.4) is 0 Å².